The number of H-pyrrole nitrogens is 2. The molecular weight excluding hydrogens is 388 g/mol. The molecule has 31 heavy (non-hydrogen) atoms. The Kier molecular flexibility index (Phi) is 3.66. The van der Waals surface area contributed by atoms with Gasteiger partial charge in [0.1, 0.15) is 23.8 Å². The highest BCUT2D eigenvalue weighted by Gasteiger charge is 2.11. The number of amidine groups is 1. The van der Waals surface area contributed by atoms with Crippen LogP contribution in [0.4, 0.5) is 0 Å². The van der Waals surface area contributed by atoms with Crippen molar-refractivity contribution in [2.75, 3.05) is 0 Å². The summed E-state index contributed by atoms with van der Waals surface area (Å²) in [6.07, 6.45) is 2.38. The molecule has 3 aromatic heterocycles. The SMILES string of the molecule is N=C(N)c1ccc2nc(Cc3nc4ccc(-n5cnc6ccccc65)cc4[nH]3)[nH]c2c1. The number of hydrogen-bond acceptors (Lipinski definition) is 4. The van der Waals surface area contributed by atoms with Crippen molar-refractivity contribution in [1.29, 1.82) is 5.41 Å². The van der Waals surface area contributed by atoms with Crippen LogP contribution < -0.4 is 5.73 Å². The predicted octanol–water partition coefficient (Wildman–Crippen LogP) is 3.65. The minimum absolute atomic E-state index is 0.0387. The van der Waals surface area contributed by atoms with Crippen LogP contribution in [0.15, 0.2) is 67.0 Å². The molecule has 6 rings (SSSR count). The van der Waals surface area contributed by atoms with Crippen LogP contribution in [0, 0.1) is 5.41 Å². The molecule has 0 saturated heterocycles. The number of nitrogens with one attached hydrogen (secondary N) is 3. The Labute approximate surface area is 176 Å². The summed E-state index contributed by atoms with van der Waals surface area (Å²) in [4.78, 5) is 20.5. The predicted molar refractivity (Wildman–Crippen MR) is 121 cm³/mol. The largest absolute Gasteiger partial charge is 0.384 e. The molecule has 0 bridgehead atoms. The number of para-hydroxylation sites is 2. The van der Waals surface area contributed by atoms with Gasteiger partial charge in [-0.25, -0.2) is 15.0 Å². The van der Waals surface area contributed by atoms with Gasteiger partial charge in [-0.3, -0.25) is 9.98 Å². The number of nitrogens with zero attached hydrogens (tertiary/aromatic N) is 4. The normalized spacial score (nSPS) is 11.6. The van der Waals surface area contributed by atoms with Crippen LogP contribution in [0.1, 0.15) is 17.2 Å². The summed E-state index contributed by atoms with van der Waals surface area (Å²) in [7, 11) is 0. The summed E-state index contributed by atoms with van der Waals surface area (Å²) in [5, 5.41) is 7.60. The number of imidazole rings is 3. The first-order valence-electron chi connectivity index (χ1n) is 9.88. The molecular formula is C23H18N8. The molecule has 0 amide bonds. The highest BCUT2D eigenvalue weighted by Crippen LogP contribution is 2.22. The number of hydrogen-bond donors (Lipinski definition) is 4. The number of fused-ring (bicyclic) bond motifs is 3. The third-order valence-electron chi connectivity index (χ3n) is 5.42. The molecule has 8 heteroatoms. The number of nitrogens with two attached hydrogens (primary N) is 1. The minimum atomic E-state index is 0.0387. The van der Waals surface area contributed by atoms with Crippen molar-refractivity contribution in [3.63, 3.8) is 0 Å². The molecule has 3 heterocycles. The Balaban J connectivity index is 1.34. The van der Waals surface area contributed by atoms with Gasteiger partial charge in [0.15, 0.2) is 0 Å². The number of aromatic nitrogens is 6. The lowest BCUT2D eigenvalue weighted by atomic mass is 10.2. The number of nitrogen functional groups attached to an aromatic ring is 1. The quantitative estimate of drug-likeness (QED) is 0.263. The van der Waals surface area contributed by atoms with Gasteiger partial charge in [0, 0.05) is 11.3 Å². The third-order valence-corrected chi connectivity index (χ3v) is 5.42. The maximum Gasteiger partial charge on any atom is 0.122 e. The maximum atomic E-state index is 7.60. The monoisotopic (exact) mass is 406 g/mol. The molecule has 8 nitrogen and oxygen atoms in total. The standard InChI is InChI=1S/C23H18N8/c24-23(25)13-5-7-15-18(9-13)29-21(27-15)11-22-28-16-8-6-14(10-19(16)30-22)31-12-26-17-3-1-2-4-20(17)31/h1-10,12H,11H2,(H3,24,25)(H,27,29)(H,28,30). The van der Waals surface area contributed by atoms with Crippen LogP contribution in [0.3, 0.4) is 0 Å². The van der Waals surface area contributed by atoms with E-state index in [4.69, 9.17) is 16.1 Å². The van der Waals surface area contributed by atoms with E-state index in [1.165, 1.54) is 0 Å². The molecule has 3 aromatic carbocycles. The van der Waals surface area contributed by atoms with Crippen LogP contribution in [0.25, 0.3) is 38.8 Å². The second-order valence-corrected chi connectivity index (χ2v) is 7.49. The Bertz CT molecular complexity index is 1600. The molecule has 150 valence electrons. The first-order chi connectivity index (χ1) is 15.1. The average Bonchev–Trinajstić information content (AvgIpc) is 3.48. The fourth-order valence-electron chi connectivity index (χ4n) is 3.92. The van der Waals surface area contributed by atoms with Gasteiger partial charge in [-0.2, -0.15) is 0 Å². The first kappa shape index (κ1) is 17.4. The Morgan fingerprint density at radius 2 is 1.58 bits per heavy atom. The van der Waals surface area contributed by atoms with Crippen molar-refractivity contribution >= 4 is 38.9 Å². The van der Waals surface area contributed by atoms with E-state index in [1.807, 2.05) is 48.8 Å². The summed E-state index contributed by atoms with van der Waals surface area (Å²) in [5.74, 6) is 1.67. The molecule has 0 unspecified atom stereocenters. The highest BCUT2D eigenvalue weighted by atomic mass is 15.1. The van der Waals surface area contributed by atoms with Crippen molar-refractivity contribution in [3.8, 4) is 5.69 Å². The van der Waals surface area contributed by atoms with Gasteiger partial charge in [-0.1, -0.05) is 12.1 Å². The molecule has 5 N–H and O–H groups in total. The number of rotatable bonds is 4. The zero-order chi connectivity index (χ0) is 20.9. The second-order valence-electron chi connectivity index (χ2n) is 7.49. The summed E-state index contributed by atoms with van der Waals surface area (Å²) >= 11 is 0. The zero-order valence-corrected chi connectivity index (χ0v) is 16.4. The molecule has 0 aliphatic rings. The zero-order valence-electron chi connectivity index (χ0n) is 16.4. The molecule has 0 aliphatic carbocycles. The van der Waals surface area contributed by atoms with Crippen LogP contribution in [0.2, 0.25) is 0 Å². The number of benzene rings is 3. The Morgan fingerprint density at radius 1 is 0.871 bits per heavy atom. The van der Waals surface area contributed by atoms with E-state index in [0.29, 0.717) is 12.0 Å². The summed E-state index contributed by atoms with van der Waals surface area (Å²) < 4.78 is 2.07. The Hall–Kier alpha value is -4.46. The van der Waals surface area contributed by atoms with E-state index in [2.05, 4.69) is 36.6 Å². The van der Waals surface area contributed by atoms with Crippen LogP contribution >= 0.6 is 0 Å². The molecule has 0 saturated carbocycles. The fourth-order valence-corrected chi connectivity index (χ4v) is 3.92. The van der Waals surface area contributed by atoms with Gasteiger partial charge in [-0.05, 0) is 48.5 Å². The topological polar surface area (TPSA) is 125 Å². The summed E-state index contributed by atoms with van der Waals surface area (Å²) in [6.45, 7) is 0. The smallest absolute Gasteiger partial charge is 0.122 e. The molecule has 0 aliphatic heterocycles. The lowest BCUT2D eigenvalue weighted by molar-refractivity contribution is 0.960. The van der Waals surface area contributed by atoms with Crippen molar-refractivity contribution in [1.82, 2.24) is 29.5 Å². The van der Waals surface area contributed by atoms with Gasteiger partial charge in [0.05, 0.1) is 39.5 Å². The van der Waals surface area contributed by atoms with Crippen LogP contribution in [-0.4, -0.2) is 35.3 Å². The van der Waals surface area contributed by atoms with E-state index in [0.717, 1.165) is 50.4 Å². The van der Waals surface area contributed by atoms with Gasteiger partial charge >= 0.3 is 0 Å². The minimum Gasteiger partial charge on any atom is -0.384 e. The van der Waals surface area contributed by atoms with Crippen LogP contribution in [0.5, 0.6) is 0 Å². The van der Waals surface area contributed by atoms with E-state index in [1.54, 1.807) is 6.07 Å². The lowest BCUT2D eigenvalue weighted by Gasteiger charge is -2.03. The molecule has 0 fully saturated rings. The van der Waals surface area contributed by atoms with Crippen molar-refractivity contribution in [3.05, 3.63) is 84.2 Å². The van der Waals surface area contributed by atoms with Crippen molar-refractivity contribution < 1.29 is 0 Å². The van der Waals surface area contributed by atoms with Gasteiger partial charge in [0.2, 0.25) is 0 Å². The van der Waals surface area contributed by atoms with Gasteiger partial charge in [0.25, 0.3) is 0 Å². The average molecular weight is 406 g/mol. The van der Waals surface area contributed by atoms with Gasteiger partial charge in [-0.15, -0.1) is 0 Å². The number of aromatic amines is 2. The molecule has 6 aromatic rings. The van der Waals surface area contributed by atoms with E-state index >= 15 is 0 Å². The lowest BCUT2D eigenvalue weighted by Crippen LogP contribution is -2.10. The van der Waals surface area contributed by atoms with Crippen molar-refractivity contribution in [2.45, 2.75) is 6.42 Å². The van der Waals surface area contributed by atoms with Crippen molar-refractivity contribution in [2.24, 2.45) is 5.73 Å². The summed E-state index contributed by atoms with van der Waals surface area (Å²) in [6, 6.07) is 19.7. The highest BCUT2D eigenvalue weighted by molar-refractivity contribution is 5.98. The van der Waals surface area contributed by atoms with Gasteiger partial charge < -0.3 is 15.7 Å². The molecule has 0 spiro atoms. The van der Waals surface area contributed by atoms with E-state index in [9.17, 15) is 0 Å². The van der Waals surface area contributed by atoms with E-state index < -0.39 is 0 Å². The Morgan fingerprint density at radius 3 is 2.35 bits per heavy atom. The first-order valence-corrected chi connectivity index (χ1v) is 9.88. The third kappa shape index (κ3) is 2.93. The van der Waals surface area contributed by atoms with E-state index in [-0.39, 0.29) is 5.84 Å². The molecule has 0 radical (unpaired) electrons. The van der Waals surface area contributed by atoms with Crippen LogP contribution in [-0.2, 0) is 6.42 Å². The summed E-state index contributed by atoms with van der Waals surface area (Å²) in [5.41, 5.74) is 12.9. The molecule has 0 atom stereocenters. The second kappa shape index (κ2) is 6.53. The fraction of sp³-hybridized carbons (Fsp3) is 0.0435. The maximum absolute atomic E-state index is 7.60.